The molecule has 6 heteroatoms. The summed E-state index contributed by atoms with van der Waals surface area (Å²) in [5, 5.41) is 16.8. The summed E-state index contributed by atoms with van der Waals surface area (Å²) in [6.07, 6.45) is -0.567. The van der Waals surface area contributed by atoms with Gasteiger partial charge in [-0.2, -0.15) is 0 Å². The number of rotatable bonds is 7. The summed E-state index contributed by atoms with van der Waals surface area (Å²) in [5.74, 6) is -1.63. The number of aliphatic carboxylic acids is 1. The molecule has 0 aromatic carbocycles. The van der Waals surface area contributed by atoms with Crippen LogP contribution in [0.25, 0.3) is 0 Å². The smallest absolute Gasteiger partial charge is 0.308 e. The lowest BCUT2D eigenvalue weighted by molar-refractivity contribution is -0.170. The molecule has 0 radical (unpaired) electrons. The van der Waals surface area contributed by atoms with Gasteiger partial charge >= 0.3 is 5.97 Å². The van der Waals surface area contributed by atoms with Gasteiger partial charge in [-0.3, -0.25) is 14.8 Å². The molecular formula is C7H15NO5. The van der Waals surface area contributed by atoms with E-state index in [1.165, 1.54) is 12.6 Å². The van der Waals surface area contributed by atoms with Crippen molar-refractivity contribution >= 4 is 5.97 Å². The van der Waals surface area contributed by atoms with Crippen molar-refractivity contribution in [3.63, 3.8) is 0 Å². The van der Waals surface area contributed by atoms with E-state index in [1.54, 1.807) is 6.92 Å². The predicted octanol–water partition coefficient (Wildman–Crippen LogP) is 0.0226. The van der Waals surface area contributed by atoms with E-state index in [-0.39, 0.29) is 6.61 Å². The minimum atomic E-state index is -0.958. The van der Waals surface area contributed by atoms with E-state index in [1.807, 2.05) is 0 Å². The van der Waals surface area contributed by atoms with Crippen LogP contribution in [0.3, 0.4) is 0 Å². The molecule has 0 aliphatic heterocycles. The molecule has 0 heterocycles. The van der Waals surface area contributed by atoms with Crippen LogP contribution in [-0.2, 0) is 14.4 Å². The Morgan fingerprint density at radius 3 is 2.62 bits per heavy atom. The van der Waals surface area contributed by atoms with Gasteiger partial charge in [0.05, 0.1) is 18.6 Å². The van der Waals surface area contributed by atoms with Crippen LogP contribution in [0.5, 0.6) is 0 Å². The molecule has 0 bridgehead atoms. The Balaban J connectivity index is 3.98. The quantitative estimate of drug-likeness (QED) is 0.494. The van der Waals surface area contributed by atoms with E-state index in [4.69, 9.17) is 15.1 Å². The first-order chi connectivity index (χ1) is 6.13. The number of nitrogens with one attached hydrogen (secondary N) is 1. The van der Waals surface area contributed by atoms with Crippen molar-refractivity contribution in [1.29, 1.82) is 0 Å². The van der Waals surface area contributed by atoms with Crippen LogP contribution in [0.15, 0.2) is 0 Å². The summed E-state index contributed by atoms with van der Waals surface area (Å²) in [6, 6.07) is 0. The van der Waals surface area contributed by atoms with Gasteiger partial charge in [0.25, 0.3) is 0 Å². The monoisotopic (exact) mass is 193 g/mol. The molecule has 0 aliphatic rings. The molecule has 0 rings (SSSR count). The predicted molar refractivity (Wildman–Crippen MR) is 43.1 cm³/mol. The topological polar surface area (TPSA) is 88.0 Å². The van der Waals surface area contributed by atoms with Gasteiger partial charge in [-0.25, -0.2) is 0 Å². The molecule has 78 valence electrons. The SMILES string of the molecule is CCOC(CONO)C(C)C(=O)O. The van der Waals surface area contributed by atoms with Crippen LogP contribution < -0.4 is 5.64 Å². The maximum Gasteiger partial charge on any atom is 0.308 e. The molecule has 0 aromatic heterocycles. The van der Waals surface area contributed by atoms with Crippen molar-refractivity contribution in [3.8, 4) is 0 Å². The van der Waals surface area contributed by atoms with E-state index in [0.717, 1.165) is 0 Å². The third-order valence-corrected chi connectivity index (χ3v) is 1.64. The Kier molecular flexibility index (Phi) is 6.43. The van der Waals surface area contributed by atoms with Crippen LogP contribution in [0, 0.1) is 5.92 Å². The first-order valence-electron chi connectivity index (χ1n) is 3.98. The molecule has 13 heavy (non-hydrogen) atoms. The summed E-state index contributed by atoms with van der Waals surface area (Å²) in [7, 11) is 0. The van der Waals surface area contributed by atoms with Crippen molar-refractivity contribution < 1.29 is 24.7 Å². The van der Waals surface area contributed by atoms with E-state index >= 15 is 0 Å². The average molecular weight is 193 g/mol. The molecule has 6 nitrogen and oxygen atoms in total. The fourth-order valence-corrected chi connectivity index (χ4v) is 0.829. The summed E-state index contributed by atoms with van der Waals surface area (Å²) in [4.78, 5) is 15.0. The minimum absolute atomic E-state index is 0.0161. The molecule has 0 amide bonds. The highest BCUT2D eigenvalue weighted by Gasteiger charge is 2.24. The Morgan fingerprint density at radius 2 is 2.23 bits per heavy atom. The number of hydrogen-bond donors (Lipinski definition) is 3. The molecule has 0 fully saturated rings. The van der Waals surface area contributed by atoms with Crippen molar-refractivity contribution in [2.75, 3.05) is 13.2 Å². The van der Waals surface area contributed by atoms with Gasteiger partial charge in [0.15, 0.2) is 0 Å². The van der Waals surface area contributed by atoms with Crippen LogP contribution in [-0.4, -0.2) is 35.6 Å². The number of carboxylic acids is 1. The van der Waals surface area contributed by atoms with Gasteiger partial charge in [0, 0.05) is 6.61 Å². The van der Waals surface area contributed by atoms with Crippen LogP contribution >= 0.6 is 0 Å². The molecule has 3 N–H and O–H groups in total. The van der Waals surface area contributed by atoms with Crippen molar-refractivity contribution in [2.45, 2.75) is 20.0 Å². The zero-order valence-electron chi connectivity index (χ0n) is 7.69. The second-order valence-electron chi connectivity index (χ2n) is 2.52. The highest BCUT2D eigenvalue weighted by atomic mass is 16.8. The molecule has 2 atom stereocenters. The number of carboxylic acid groups (broad SMARTS) is 1. The van der Waals surface area contributed by atoms with Gasteiger partial charge in [-0.1, -0.05) is 5.64 Å². The lowest BCUT2D eigenvalue weighted by Gasteiger charge is -2.19. The first-order valence-corrected chi connectivity index (χ1v) is 3.98. The van der Waals surface area contributed by atoms with Gasteiger partial charge in [0.2, 0.25) is 0 Å². The third kappa shape index (κ3) is 4.79. The summed E-state index contributed by atoms with van der Waals surface area (Å²) in [6.45, 7) is 3.66. The van der Waals surface area contributed by atoms with E-state index in [2.05, 4.69) is 4.84 Å². The van der Waals surface area contributed by atoms with Crippen molar-refractivity contribution in [3.05, 3.63) is 0 Å². The summed E-state index contributed by atoms with van der Waals surface area (Å²) >= 11 is 0. The number of hydrogen-bond acceptors (Lipinski definition) is 5. The second kappa shape index (κ2) is 6.79. The second-order valence-corrected chi connectivity index (χ2v) is 2.52. The molecule has 0 aliphatic carbocycles. The van der Waals surface area contributed by atoms with Crippen LogP contribution in [0.4, 0.5) is 0 Å². The fraction of sp³-hybridized carbons (Fsp3) is 0.857. The van der Waals surface area contributed by atoms with Gasteiger partial charge < -0.3 is 9.84 Å². The zero-order valence-corrected chi connectivity index (χ0v) is 7.69. The van der Waals surface area contributed by atoms with Gasteiger partial charge in [-0.15, -0.1) is 0 Å². The molecular weight excluding hydrogens is 178 g/mol. The average Bonchev–Trinajstić information content (AvgIpc) is 2.11. The summed E-state index contributed by atoms with van der Waals surface area (Å²) < 4.78 is 5.11. The van der Waals surface area contributed by atoms with Gasteiger partial charge in [-0.05, 0) is 13.8 Å². The lowest BCUT2D eigenvalue weighted by atomic mass is 10.1. The largest absolute Gasteiger partial charge is 0.481 e. The number of ether oxygens (including phenoxy) is 1. The van der Waals surface area contributed by atoms with Gasteiger partial charge in [0.1, 0.15) is 0 Å². The maximum atomic E-state index is 10.6. The van der Waals surface area contributed by atoms with Crippen LogP contribution in [0.1, 0.15) is 13.8 Å². The Hall–Kier alpha value is -0.690. The standard InChI is InChI=1S/C7H15NO5/c1-3-12-6(4-13-8-11)5(2)7(9)10/h5-6,8,11H,3-4H2,1-2H3,(H,9,10). The minimum Gasteiger partial charge on any atom is -0.481 e. The molecule has 0 spiro atoms. The van der Waals surface area contributed by atoms with Crippen molar-refractivity contribution in [1.82, 2.24) is 5.64 Å². The third-order valence-electron chi connectivity index (χ3n) is 1.64. The molecule has 2 unspecified atom stereocenters. The van der Waals surface area contributed by atoms with E-state index < -0.39 is 18.0 Å². The zero-order chi connectivity index (χ0) is 10.3. The number of carbonyl (C=O) groups is 1. The first kappa shape index (κ1) is 12.3. The highest BCUT2D eigenvalue weighted by molar-refractivity contribution is 5.70. The normalized spacial score (nSPS) is 15.3. The van der Waals surface area contributed by atoms with Crippen molar-refractivity contribution in [2.24, 2.45) is 5.92 Å². The van der Waals surface area contributed by atoms with E-state index in [9.17, 15) is 4.79 Å². The Bertz CT molecular complexity index is 152. The molecule has 0 aromatic rings. The highest BCUT2D eigenvalue weighted by Crippen LogP contribution is 2.07. The Morgan fingerprint density at radius 1 is 1.62 bits per heavy atom. The fourth-order valence-electron chi connectivity index (χ4n) is 0.829. The maximum absolute atomic E-state index is 10.6. The molecule has 0 saturated heterocycles. The van der Waals surface area contributed by atoms with Crippen LogP contribution in [0.2, 0.25) is 0 Å². The summed E-state index contributed by atoms with van der Waals surface area (Å²) in [5.41, 5.74) is 1.48. The molecule has 0 saturated carbocycles. The Labute approximate surface area is 76.4 Å². The lowest BCUT2D eigenvalue weighted by Crippen LogP contribution is -2.34. The van der Waals surface area contributed by atoms with E-state index in [0.29, 0.717) is 6.61 Å².